The number of halogens is 1. The Hall–Kier alpha value is -1.53. The van der Waals surface area contributed by atoms with Gasteiger partial charge < -0.3 is 4.90 Å². The van der Waals surface area contributed by atoms with E-state index in [0.29, 0.717) is 24.0 Å². The quantitative estimate of drug-likeness (QED) is 0.753. The minimum Gasteiger partial charge on any atom is -0.355 e. The van der Waals surface area contributed by atoms with Gasteiger partial charge in [0.05, 0.1) is 26.9 Å². The first-order valence-corrected chi connectivity index (χ1v) is 11.7. The number of nitrogens with zero attached hydrogens (tertiary/aromatic N) is 3. The lowest BCUT2D eigenvalue weighted by molar-refractivity contribution is 0.329. The van der Waals surface area contributed by atoms with Crippen molar-refractivity contribution in [2.75, 3.05) is 18.0 Å². The summed E-state index contributed by atoms with van der Waals surface area (Å²) in [4.78, 5) is 2.43. The third-order valence-electron chi connectivity index (χ3n) is 5.81. The van der Waals surface area contributed by atoms with Crippen LogP contribution in [0, 0.1) is 6.92 Å². The molecule has 1 unspecified atom stereocenters. The van der Waals surface area contributed by atoms with E-state index in [1.165, 1.54) is 19.3 Å². The Morgan fingerprint density at radius 1 is 1.11 bits per heavy atom. The van der Waals surface area contributed by atoms with Gasteiger partial charge in [-0.05, 0) is 38.3 Å². The van der Waals surface area contributed by atoms with Gasteiger partial charge in [-0.1, -0.05) is 43.0 Å². The molecular weight excluding hydrogens is 382 g/mol. The number of hydrogen-bond acceptors (Lipinski definition) is 4. The van der Waals surface area contributed by atoms with Gasteiger partial charge in [0.2, 0.25) is 0 Å². The lowest BCUT2D eigenvalue weighted by Gasteiger charge is -2.27. The Morgan fingerprint density at radius 2 is 1.85 bits per heavy atom. The SMILES string of the molecule is Cc1cc(N2CCC(S(=O)(=O)c3ccccc3Cl)C2)n(C2CCCCC2)n1. The Balaban J connectivity index is 1.58. The van der Waals surface area contributed by atoms with E-state index in [0.717, 1.165) is 30.9 Å². The first kappa shape index (κ1) is 18.8. The van der Waals surface area contributed by atoms with Crippen molar-refractivity contribution in [1.82, 2.24) is 9.78 Å². The molecule has 0 spiro atoms. The molecule has 2 aliphatic rings. The van der Waals surface area contributed by atoms with Gasteiger partial charge in [0.25, 0.3) is 0 Å². The number of aromatic nitrogens is 2. The van der Waals surface area contributed by atoms with Crippen LogP contribution in [-0.4, -0.2) is 36.5 Å². The monoisotopic (exact) mass is 407 g/mol. The van der Waals surface area contributed by atoms with E-state index in [-0.39, 0.29) is 4.90 Å². The average Bonchev–Trinajstić information content (AvgIpc) is 3.30. The van der Waals surface area contributed by atoms with E-state index < -0.39 is 15.1 Å². The fourth-order valence-electron chi connectivity index (χ4n) is 4.38. The second-order valence-corrected chi connectivity index (χ2v) is 10.3. The van der Waals surface area contributed by atoms with E-state index >= 15 is 0 Å². The summed E-state index contributed by atoms with van der Waals surface area (Å²) in [6, 6.07) is 9.26. The summed E-state index contributed by atoms with van der Waals surface area (Å²) in [7, 11) is -3.44. The fourth-order valence-corrected chi connectivity index (χ4v) is 6.60. The van der Waals surface area contributed by atoms with E-state index in [4.69, 9.17) is 16.7 Å². The lowest BCUT2D eigenvalue weighted by Crippen LogP contribution is -2.29. The van der Waals surface area contributed by atoms with E-state index in [1.807, 2.05) is 6.92 Å². The van der Waals surface area contributed by atoms with Gasteiger partial charge >= 0.3 is 0 Å². The maximum Gasteiger partial charge on any atom is 0.184 e. The molecule has 4 rings (SSSR count). The summed E-state index contributed by atoms with van der Waals surface area (Å²) in [6.45, 7) is 3.23. The zero-order chi connectivity index (χ0) is 19.0. The van der Waals surface area contributed by atoms with Crippen molar-refractivity contribution in [2.24, 2.45) is 0 Å². The zero-order valence-corrected chi connectivity index (χ0v) is 17.2. The topological polar surface area (TPSA) is 55.2 Å². The highest BCUT2D eigenvalue weighted by molar-refractivity contribution is 7.92. The van der Waals surface area contributed by atoms with Crippen LogP contribution in [0.1, 0.15) is 50.3 Å². The summed E-state index contributed by atoms with van der Waals surface area (Å²) in [5, 5.41) is 4.61. The summed E-state index contributed by atoms with van der Waals surface area (Å²) < 4.78 is 28.3. The van der Waals surface area contributed by atoms with E-state index in [1.54, 1.807) is 24.3 Å². The third kappa shape index (κ3) is 3.61. The fraction of sp³-hybridized carbons (Fsp3) is 0.550. The van der Waals surface area contributed by atoms with Crippen LogP contribution in [0.3, 0.4) is 0 Å². The third-order valence-corrected chi connectivity index (χ3v) is 8.48. The van der Waals surface area contributed by atoms with Gasteiger partial charge in [-0.15, -0.1) is 0 Å². The molecule has 0 bridgehead atoms. The summed E-state index contributed by atoms with van der Waals surface area (Å²) in [6.07, 6.45) is 6.71. The molecule has 2 fully saturated rings. The number of hydrogen-bond donors (Lipinski definition) is 0. The maximum absolute atomic E-state index is 13.1. The molecule has 0 radical (unpaired) electrons. The number of benzene rings is 1. The zero-order valence-electron chi connectivity index (χ0n) is 15.6. The molecular formula is C20H26ClN3O2S. The van der Waals surface area contributed by atoms with Crippen molar-refractivity contribution in [2.45, 2.75) is 61.6 Å². The van der Waals surface area contributed by atoms with Gasteiger partial charge in [-0.3, -0.25) is 0 Å². The van der Waals surface area contributed by atoms with Gasteiger partial charge in [0.15, 0.2) is 9.84 Å². The van der Waals surface area contributed by atoms with Gasteiger partial charge in [-0.2, -0.15) is 5.10 Å². The van der Waals surface area contributed by atoms with Crippen molar-refractivity contribution >= 4 is 27.3 Å². The molecule has 1 aromatic carbocycles. The highest BCUT2D eigenvalue weighted by atomic mass is 35.5. The van der Waals surface area contributed by atoms with Crippen LogP contribution in [-0.2, 0) is 9.84 Å². The predicted molar refractivity (Wildman–Crippen MR) is 108 cm³/mol. The maximum atomic E-state index is 13.1. The van der Waals surface area contributed by atoms with Crippen LogP contribution in [0.2, 0.25) is 5.02 Å². The van der Waals surface area contributed by atoms with Crippen LogP contribution in [0.15, 0.2) is 35.2 Å². The molecule has 2 heterocycles. The average molecular weight is 408 g/mol. The number of sulfone groups is 1. The second kappa shape index (κ2) is 7.47. The van der Waals surface area contributed by atoms with Crippen LogP contribution >= 0.6 is 11.6 Å². The highest BCUT2D eigenvalue weighted by Gasteiger charge is 2.37. The Labute approximate surface area is 166 Å². The molecule has 0 N–H and O–H groups in total. The predicted octanol–water partition coefficient (Wildman–Crippen LogP) is 4.40. The Kier molecular flexibility index (Phi) is 5.21. The minimum absolute atomic E-state index is 0.246. The highest BCUT2D eigenvalue weighted by Crippen LogP contribution is 2.35. The largest absolute Gasteiger partial charge is 0.355 e. The molecule has 1 aliphatic heterocycles. The van der Waals surface area contributed by atoms with E-state index in [2.05, 4.69) is 15.6 Å². The molecule has 1 saturated heterocycles. The molecule has 7 heteroatoms. The molecule has 5 nitrogen and oxygen atoms in total. The summed E-state index contributed by atoms with van der Waals surface area (Å²) in [5.74, 6) is 1.07. The van der Waals surface area contributed by atoms with Crippen LogP contribution in [0.25, 0.3) is 0 Å². The van der Waals surface area contributed by atoms with Crippen molar-refractivity contribution in [3.05, 3.63) is 41.0 Å². The molecule has 1 aliphatic carbocycles. The molecule has 146 valence electrons. The van der Waals surface area contributed by atoms with Gasteiger partial charge in [0, 0.05) is 19.2 Å². The Bertz CT molecular complexity index is 919. The van der Waals surface area contributed by atoms with Crippen LogP contribution in [0.5, 0.6) is 0 Å². The molecule has 0 amide bonds. The molecule has 27 heavy (non-hydrogen) atoms. The first-order chi connectivity index (χ1) is 13.0. The second-order valence-electron chi connectivity index (χ2n) is 7.71. The van der Waals surface area contributed by atoms with Gasteiger partial charge in [-0.25, -0.2) is 13.1 Å². The Morgan fingerprint density at radius 3 is 2.59 bits per heavy atom. The number of aryl methyl sites for hydroxylation is 1. The molecule has 1 atom stereocenters. The molecule has 2 aromatic rings. The standard InChI is InChI=1S/C20H26ClN3O2S/c1-15-13-20(24(22-15)16-7-3-2-4-8-16)23-12-11-17(14-23)27(25,26)19-10-6-5-9-18(19)21/h5-6,9-10,13,16-17H,2-4,7-8,11-12,14H2,1H3. The van der Waals surface area contributed by atoms with Crippen molar-refractivity contribution in [3.63, 3.8) is 0 Å². The van der Waals surface area contributed by atoms with Crippen molar-refractivity contribution < 1.29 is 8.42 Å². The summed E-state index contributed by atoms with van der Waals surface area (Å²) in [5.41, 5.74) is 0.994. The van der Waals surface area contributed by atoms with Crippen LogP contribution in [0.4, 0.5) is 5.82 Å². The molecule has 1 saturated carbocycles. The van der Waals surface area contributed by atoms with Crippen molar-refractivity contribution in [1.29, 1.82) is 0 Å². The number of rotatable bonds is 4. The summed E-state index contributed by atoms with van der Waals surface area (Å²) >= 11 is 6.16. The van der Waals surface area contributed by atoms with Crippen LogP contribution < -0.4 is 4.90 Å². The lowest BCUT2D eigenvalue weighted by atomic mass is 9.96. The van der Waals surface area contributed by atoms with E-state index in [9.17, 15) is 8.42 Å². The normalized spacial score (nSPS) is 21.7. The van der Waals surface area contributed by atoms with Crippen molar-refractivity contribution in [3.8, 4) is 0 Å². The molecule has 1 aromatic heterocycles. The minimum atomic E-state index is -3.44. The van der Waals surface area contributed by atoms with Gasteiger partial charge in [0.1, 0.15) is 5.82 Å². The first-order valence-electron chi connectivity index (χ1n) is 9.76. The number of anilines is 1. The smallest absolute Gasteiger partial charge is 0.184 e.